The SMILES string of the molecule is O=C(CN1C(=O)/C(=C/c2ccc([N+](=O)[O-])cc2)SC1=S)Nc1ccc(O)cc1. The zero-order valence-electron chi connectivity index (χ0n) is 14.2. The molecule has 2 amide bonds. The quantitative estimate of drug-likeness (QED) is 0.254. The number of nitrogens with zero attached hydrogens (tertiary/aromatic N) is 2. The Morgan fingerprint density at radius 1 is 1.21 bits per heavy atom. The van der Waals surface area contributed by atoms with E-state index in [0.717, 1.165) is 11.8 Å². The van der Waals surface area contributed by atoms with Gasteiger partial charge in [0.2, 0.25) is 5.91 Å². The molecule has 10 heteroatoms. The molecule has 1 fully saturated rings. The maximum atomic E-state index is 12.6. The van der Waals surface area contributed by atoms with Crippen LogP contribution in [0.3, 0.4) is 0 Å². The van der Waals surface area contributed by atoms with Gasteiger partial charge in [0.15, 0.2) is 0 Å². The normalized spacial score (nSPS) is 15.1. The van der Waals surface area contributed by atoms with E-state index >= 15 is 0 Å². The minimum absolute atomic E-state index is 0.0457. The molecular formula is C18H13N3O5S2. The molecule has 1 aliphatic heterocycles. The van der Waals surface area contributed by atoms with E-state index in [-0.39, 0.29) is 22.3 Å². The van der Waals surface area contributed by atoms with Crippen molar-refractivity contribution in [2.45, 2.75) is 0 Å². The van der Waals surface area contributed by atoms with Crippen LogP contribution in [0, 0.1) is 10.1 Å². The number of carbonyl (C=O) groups excluding carboxylic acids is 2. The van der Waals surface area contributed by atoms with E-state index < -0.39 is 16.7 Å². The maximum absolute atomic E-state index is 12.6. The number of phenols is 1. The molecule has 1 aliphatic rings. The average molecular weight is 415 g/mol. The van der Waals surface area contributed by atoms with Gasteiger partial charge < -0.3 is 10.4 Å². The average Bonchev–Trinajstić information content (AvgIpc) is 2.91. The van der Waals surface area contributed by atoms with E-state index in [2.05, 4.69) is 5.32 Å². The van der Waals surface area contributed by atoms with E-state index in [9.17, 15) is 24.8 Å². The summed E-state index contributed by atoms with van der Waals surface area (Å²) in [4.78, 5) is 36.5. The first-order chi connectivity index (χ1) is 13.3. The number of nitro groups is 1. The van der Waals surface area contributed by atoms with Gasteiger partial charge in [-0.05, 0) is 48.0 Å². The van der Waals surface area contributed by atoms with Crippen LogP contribution >= 0.6 is 24.0 Å². The lowest BCUT2D eigenvalue weighted by Gasteiger charge is -2.14. The minimum Gasteiger partial charge on any atom is -0.508 e. The molecule has 0 unspecified atom stereocenters. The van der Waals surface area contributed by atoms with Gasteiger partial charge >= 0.3 is 0 Å². The number of hydrogen-bond donors (Lipinski definition) is 2. The number of nitrogens with one attached hydrogen (secondary N) is 1. The van der Waals surface area contributed by atoms with Gasteiger partial charge in [0, 0.05) is 17.8 Å². The number of thiocarbonyl (C=S) groups is 1. The van der Waals surface area contributed by atoms with E-state index in [0.29, 0.717) is 16.2 Å². The minimum atomic E-state index is -0.504. The summed E-state index contributed by atoms with van der Waals surface area (Å²) < 4.78 is 0.249. The Hall–Kier alpha value is -3.24. The van der Waals surface area contributed by atoms with Gasteiger partial charge in [-0.2, -0.15) is 0 Å². The first kappa shape index (κ1) is 19.5. The fraction of sp³-hybridized carbons (Fsp3) is 0.0556. The Balaban J connectivity index is 1.68. The molecule has 2 aromatic rings. The molecule has 0 atom stereocenters. The molecule has 0 radical (unpaired) electrons. The van der Waals surface area contributed by atoms with Crippen molar-refractivity contribution in [1.29, 1.82) is 0 Å². The zero-order chi connectivity index (χ0) is 20.3. The number of anilines is 1. The topological polar surface area (TPSA) is 113 Å². The number of phenolic OH excluding ortho intramolecular Hbond substituents is 1. The number of rotatable bonds is 5. The smallest absolute Gasteiger partial charge is 0.269 e. The molecule has 0 bridgehead atoms. The molecule has 142 valence electrons. The second-order valence-electron chi connectivity index (χ2n) is 5.71. The van der Waals surface area contributed by atoms with Gasteiger partial charge in [0.25, 0.3) is 11.6 Å². The summed E-state index contributed by atoms with van der Waals surface area (Å²) >= 11 is 6.25. The summed E-state index contributed by atoms with van der Waals surface area (Å²) in [6.07, 6.45) is 1.57. The summed E-state index contributed by atoms with van der Waals surface area (Å²) in [6, 6.07) is 11.7. The van der Waals surface area contributed by atoms with Gasteiger partial charge in [-0.15, -0.1) is 0 Å². The fourth-order valence-electron chi connectivity index (χ4n) is 2.37. The Morgan fingerprint density at radius 3 is 2.46 bits per heavy atom. The van der Waals surface area contributed by atoms with Crippen LogP contribution < -0.4 is 5.32 Å². The number of aromatic hydroxyl groups is 1. The van der Waals surface area contributed by atoms with Crippen LogP contribution in [0.25, 0.3) is 6.08 Å². The lowest BCUT2D eigenvalue weighted by Crippen LogP contribution is -2.36. The van der Waals surface area contributed by atoms with Gasteiger partial charge in [0.1, 0.15) is 16.6 Å². The first-order valence-corrected chi connectivity index (χ1v) is 9.14. The predicted molar refractivity (Wildman–Crippen MR) is 110 cm³/mol. The Labute approximate surface area is 169 Å². The third-order valence-corrected chi connectivity index (χ3v) is 5.11. The molecule has 2 aromatic carbocycles. The third kappa shape index (κ3) is 4.53. The monoisotopic (exact) mass is 415 g/mol. The number of amides is 2. The first-order valence-electron chi connectivity index (χ1n) is 7.92. The Kier molecular flexibility index (Phi) is 5.71. The van der Waals surface area contributed by atoms with Crippen LogP contribution in [0.15, 0.2) is 53.4 Å². The van der Waals surface area contributed by atoms with E-state index in [1.54, 1.807) is 6.08 Å². The molecule has 3 rings (SSSR count). The highest BCUT2D eigenvalue weighted by Gasteiger charge is 2.33. The summed E-state index contributed by atoms with van der Waals surface area (Å²) in [6.45, 7) is -0.247. The van der Waals surface area contributed by atoms with Crippen LogP contribution in [0.1, 0.15) is 5.56 Å². The molecule has 0 spiro atoms. The Bertz CT molecular complexity index is 987. The van der Waals surface area contributed by atoms with Crippen LogP contribution in [0.2, 0.25) is 0 Å². The standard InChI is InChI=1S/C18H13N3O5S2/c22-14-7-3-12(4-8-14)19-16(23)10-20-17(24)15(28-18(20)27)9-11-1-5-13(6-2-11)21(25)26/h1-9,22H,10H2,(H,19,23)/b15-9-. The van der Waals surface area contributed by atoms with Gasteiger partial charge in [0.05, 0.1) is 9.83 Å². The zero-order valence-corrected chi connectivity index (χ0v) is 15.8. The number of nitro benzene ring substituents is 1. The summed E-state index contributed by atoms with van der Waals surface area (Å²) in [5.74, 6) is -0.765. The summed E-state index contributed by atoms with van der Waals surface area (Å²) in [5.41, 5.74) is 1.05. The van der Waals surface area contributed by atoms with E-state index in [1.807, 2.05) is 0 Å². The highest BCUT2D eigenvalue weighted by Crippen LogP contribution is 2.32. The van der Waals surface area contributed by atoms with Crippen molar-refractivity contribution in [2.75, 3.05) is 11.9 Å². The molecule has 28 heavy (non-hydrogen) atoms. The van der Waals surface area contributed by atoms with Crippen molar-refractivity contribution in [3.63, 3.8) is 0 Å². The van der Waals surface area contributed by atoms with Gasteiger partial charge in [-0.3, -0.25) is 24.6 Å². The maximum Gasteiger partial charge on any atom is 0.269 e. The van der Waals surface area contributed by atoms with Crippen molar-refractivity contribution in [3.05, 3.63) is 69.1 Å². The highest BCUT2D eigenvalue weighted by atomic mass is 32.2. The molecule has 2 N–H and O–H groups in total. The van der Waals surface area contributed by atoms with Crippen molar-refractivity contribution < 1.29 is 19.6 Å². The number of thioether (sulfide) groups is 1. The van der Waals surface area contributed by atoms with Crippen molar-refractivity contribution >= 4 is 57.6 Å². The number of benzene rings is 2. The highest BCUT2D eigenvalue weighted by molar-refractivity contribution is 8.26. The van der Waals surface area contributed by atoms with Crippen LogP contribution in [-0.2, 0) is 9.59 Å². The Morgan fingerprint density at radius 2 is 1.86 bits per heavy atom. The second kappa shape index (κ2) is 8.19. The second-order valence-corrected chi connectivity index (χ2v) is 7.39. The molecule has 8 nitrogen and oxygen atoms in total. The van der Waals surface area contributed by atoms with E-state index in [4.69, 9.17) is 12.2 Å². The van der Waals surface area contributed by atoms with Crippen LogP contribution in [0.4, 0.5) is 11.4 Å². The molecule has 1 saturated heterocycles. The summed E-state index contributed by atoms with van der Waals surface area (Å²) in [7, 11) is 0. The van der Waals surface area contributed by atoms with E-state index in [1.165, 1.54) is 53.4 Å². The molecule has 0 saturated carbocycles. The lowest BCUT2D eigenvalue weighted by molar-refractivity contribution is -0.384. The lowest BCUT2D eigenvalue weighted by atomic mass is 10.2. The summed E-state index contributed by atoms with van der Waals surface area (Å²) in [5, 5.41) is 22.6. The van der Waals surface area contributed by atoms with Gasteiger partial charge in [-0.25, -0.2) is 0 Å². The predicted octanol–water partition coefficient (Wildman–Crippen LogP) is 3.14. The molecule has 0 aromatic heterocycles. The van der Waals surface area contributed by atoms with Crippen LogP contribution in [0.5, 0.6) is 5.75 Å². The van der Waals surface area contributed by atoms with Crippen molar-refractivity contribution in [3.8, 4) is 5.75 Å². The number of non-ortho nitro benzene ring substituents is 1. The van der Waals surface area contributed by atoms with Crippen LogP contribution in [-0.4, -0.2) is 37.6 Å². The number of hydrogen-bond acceptors (Lipinski definition) is 7. The number of carbonyl (C=O) groups is 2. The fourth-order valence-corrected chi connectivity index (χ4v) is 3.62. The molecule has 1 heterocycles. The molecule has 0 aliphatic carbocycles. The van der Waals surface area contributed by atoms with Crippen molar-refractivity contribution in [2.24, 2.45) is 0 Å². The third-order valence-electron chi connectivity index (χ3n) is 3.73. The van der Waals surface area contributed by atoms with Crippen molar-refractivity contribution in [1.82, 2.24) is 4.90 Å². The largest absolute Gasteiger partial charge is 0.508 e. The van der Waals surface area contributed by atoms with Gasteiger partial charge in [-0.1, -0.05) is 24.0 Å². The molecular weight excluding hydrogens is 402 g/mol.